The Labute approximate surface area is 121 Å². The van der Waals surface area contributed by atoms with Crippen LogP contribution in [0.1, 0.15) is 47.5 Å². The lowest BCUT2D eigenvalue weighted by Crippen LogP contribution is -2.27. The lowest BCUT2D eigenvalue weighted by molar-refractivity contribution is -0.163. The lowest BCUT2D eigenvalue weighted by atomic mass is 10.1. The van der Waals surface area contributed by atoms with E-state index in [9.17, 15) is 9.59 Å². The molecule has 0 bridgehead atoms. The highest BCUT2D eigenvalue weighted by Gasteiger charge is 2.18. The highest BCUT2D eigenvalue weighted by molar-refractivity contribution is 5.86. The van der Waals surface area contributed by atoms with Gasteiger partial charge in [-0.1, -0.05) is 27.2 Å². The van der Waals surface area contributed by atoms with Crippen LogP contribution in [0.4, 0.5) is 0 Å². The van der Waals surface area contributed by atoms with Crippen LogP contribution >= 0.6 is 0 Å². The minimum Gasteiger partial charge on any atom is -0.463 e. The average Bonchev–Trinajstić information content (AvgIpc) is 2.37. The standard InChI is InChI=1S/C15H27NO4/c1-6-8-9-16-13(11(3)4)10-14(17)20-12(5)15(18)19-7-2/h10-12,16H,6-9H2,1-5H3/b13-10-/t12-/m0/s1. The summed E-state index contributed by atoms with van der Waals surface area (Å²) in [6.07, 6.45) is 2.65. The zero-order chi connectivity index (χ0) is 15.5. The third kappa shape index (κ3) is 7.81. The Kier molecular flexibility index (Phi) is 9.51. The van der Waals surface area contributed by atoms with Gasteiger partial charge in [0.1, 0.15) is 0 Å². The quantitative estimate of drug-likeness (QED) is 0.400. The van der Waals surface area contributed by atoms with Gasteiger partial charge in [0.2, 0.25) is 0 Å². The van der Waals surface area contributed by atoms with Crippen molar-refractivity contribution >= 4 is 11.9 Å². The molecule has 0 heterocycles. The Balaban J connectivity index is 4.48. The number of carbonyl (C=O) groups excluding carboxylic acids is 2. The van der Waals surface area contributed by atoms with Gasteiger partial charge in [0.15, 0.2) is 6.10 Å². The molecule has 0 fully saturated rings. The number of hydrogen-bond acceptors (Lipinski definition) is 5. The van der Waals surface area contributed by atoms with E-state index in [2.05, 4.69) is 12.2 Å². The minimum atomic E-state index is -0.886. The fourth-order valence-electron chi connectivity index (χ4n) is 1.47. The van der Waals surface area contributed by atoms with Crippen molar-refractivity contribution in [2.45, 2.75) is 53.6 Å². The first-order valence-electron chi connectivity index (χ1n) is 7.25. The Hall–Kier alpha value is -1.52. The fourth-order valence-corrected chi connectivity index (χ4v) is 1.47. The zero-order valence-electron chi connectivity index (χ0n) is 13.2. The van der Waals surface area contributed by atoms with Gasteiger partial charge in [0.25, 0.3) is 0 Å². The number of unbranched alkanes of at least 4 members (excludes halogenated alkanes) is 1. The van der Waals surface area contributed by atoms with Gasteiger partial charge in [0.05, 0.1) is 6.61 Å². The van der Waals surface area contributed by atoms with Crippen molar-refractivity contribution in [3.05, 3.63) is 11.8 Å². The molecule has 5 heteroatoms. The summed E-state index contributed by atoms with van der Waals surface area (Å²) in [5, 5.41) is 3.22. The number of ether oxygens (including phenoxy) is 2. The third-order valence-corrected chi connectivity index (χ3v) is 2.67. The third-order valence-electron chi connectivity index (χ3n) is 2.67. The topological polar surface area (TPSA) is 64.6 Å². The minimum absolute atomic E-state index is 0.192. The van der Waals surface area contributed by atoms with Crippen molar-refractivity contribution < 1.29 is 19.1 Å². The summed E-state index contributed by atoms with van der Waals surface area (Å²) in [6, 6.07) is 0. The molecule has 1 N–H and O–H groups in total. The molecular formula is C15H27NO4. The van der Waals surface area contributed by atoms with Crippen molar-refractivity contribution in [1.82, 2.24) is 5.32 Å². The highest BCUT2D eigenvalue weighted by Crippen LogP contribution is 2.07. The van der Waals surface area contributed by atoms with Crippen LogP contribution in [0.5, 0.6) is 0 Å². The fraction of sp³-hybridized carbons (Fsp3) is 0.733. The number of hydrogen-bond donors (Lipinski definition) is 1. The maximum absolute atomic E-state index is 11.8. The maximum atomic E-state index is 11.8. The molecule has 0 spiro atoms. The monoisotopic (exact) mass is 285 g/mol. The molecule has 0 radical (unpaired) electrons. The normalized spacial score (nSPS) is 13.0. The van der Waals surface area contributed by atoms with Gasteiger partial charge in [-0.15, -0.1) is 0 Å². The number of esters is 2. The summed E-state index contributed by atoms with van der Waals surface area (Å²) in [7, 11) is 0. The Bertz CT molecular complexity index is 337. The molecule has 1 atom stereocenters. The second kappa shape index (κ2) is 10.3. The summed E-state index contributed by atoms with van der Waals surface area (Å²) < 4.78 is 9.81. The number of carbonyl (C=O) groups is 2. The lowest BCUT2D eigenvalue weighted by Gasteiger charge is -2.15. The van der Waals surface area contributed by atoms with Gasteiger partial charge >= 0.3 is 11.9 Å². The molecule has 0 saturated carbocycles. The van der Waals surface area contributed by atoms with Crippen LogP contribution in [-0.2, 0) is 19.1 Å². The van der Waals surface area contributed by atoms with Crippen molar-refractivity contribution in [2.75, 3.05) is 13.2 Å². The summed E-state index contributed by atoms with van der Waals surface area (Å²) in [5.41, 5.74) is 0.819. The first kappa shape index (κ1) is 18.5. The average molecular weight is 285 g/mol. The molecule has 0 aromatic heterocycles. The summed E-state index contributed by atoms with van der Waals surface area (Å²) >= 11 is 0. The van der Waals surface area contributed by atoms with Gasteiger partial charge in [-0.25, -0.2) is 9.59 Å². The maximum Gasteiger partial charge on any atom is 0.347 e. The van der Waals surface area contributed by atoms with Crippen LogP contribution in [0.25, 0.3) is 0 Å². The molecule has 0 unspecified atom stereocenters. The Morgan fingerprint density at radius 2 is 1.85 bits per heavy atom. The van der Waals surface area contributed by atoms with E-state index in [4.69, 9.17) is 9.47 Å². The van der Waals surface area contributed by atoms with E-state index in [1.807, 2.05) is 13.8 Å². The molecule has 20 heavy (non-hydrogen) atoms. The van der Waals surface area contributed by atoms with Crippen molar-refractivity contribution in [3.63, 3.8) is 0 Å². The molecule has 5 nitrogen and oxygen atoms in total. The van der Waals surface area contributed by atoms with Crippen LogP contribution < -0.4 is 5.32 Å². The molecule has 0 aromatic carbocycles. The molecule has 0 aromatic rings. The Morgan fingerprint density at radius 1 is 1.20 bits per heavy atom. The smallest absolute Gasteiger partial charge is 0.347 e. The molecule has 0 rings (SSSR count). The summed E-state index contributed by atoms with van der Waals surface area (Å²) in [5.74, 6) is -0.866. The molecule has 0 amide bonds. The number of allylic oxidation sites excluding steroid dienone is 1. The van der Waals surface area contributed by atoms with E-state index in [1.165, 1.54) is 13.0 Å². The second-order valence-corrected chi connectivity index (χ2v) is 4.87. The summed E-state index contributed by atoms with van der Waals surface area (Å²) in [6.45, 7) is 10.4. The molecule has 0 aliphatic heterocycles. The van der Waals surface area contributed by atoms with Gasteiger partial charge in [0, 0.05) is 18.3 Å². The molecule has 0 saturated heterocycles. The first-order valence-corrected chi connectivity index (χ1v) is 7.25. The zero-order valence-corrected chi connectivity index (χ0v) is 13.2. The predicted octanol–water partition coefficient (Wildman–Crippen LogP) is 2.41. The summed E-state index contributed by atoms with van der Waals surface area (Å²) in [4.78, 5) is 23.1. The number of rotatable bonds is 9. The molecule has 116 valence electrons. The van der Waals surface area contributed by atoms with Gasteiger partial charge < -0.3 is 14.8 Å². The van der Waals surface area contributed by atoms with Crippen molar-refractivity contribution in [3.8, 4) is 0 Å². The van der Waals surface area contributed by atoms with Gasteiger partial charge in [-0.05, 0) is 26.2 Å². The first-order chi connectivity index (χ1) is 9.42. The SMILES string of the molecule is CCCCN/C(=C\C(=O)O[C@@H](C)C(=O)OCC)C(C)C. The molecule has 0 aliphatic carbocycles. The van der Waals surface area contributed by atoms with E-state index in [0.29, 0.717) is 0 Å². The van der Waals surface area contributed by atoms with E-state index < -0.39 is 18.0 Å². The Morgan fingerprint density at radius 3 is 2.35 bits per heavy atom. The molecular weight excluding hydrogens is 258 g/mol. The van der Waals surface area contributed by atoms with Crippen molar-refractivity contribution in [2.24, 2.45) is 5.92 Å². The number of nitrogens with one attached hydrogen (secondary N) is 1. The van der Waals surface area contributed by atoms with Crippen LogP contribution in [0, 0.1) is 5.92 Å². The van der Waals surface area contributed by atoms with E-state index in [1.54, 1.807) is 6.92 Å². The van der Waals surface area contributed by atoms with Crippen LogP contribution in [0.3, 0.4) is 0 Å². The van der Waals surface area contributed by atoms with Crippen LogP contribution in [0.2, 0.25) is 0 Å². The largest absolute Gasteiger partial charge is 0.463 e. The second-order valence-electron chi connectivity index (χ2n) is 4.87. The molecule has 0 aliphatic rings. The van der Waals surface area contributed by atoms with Crippen LogP contribution in [0.15, 0.2) is 11.8 Å². The van der Waals surface area contributed by atoms with E-state index >= 15 is 0 Å². The highest BCUT2D eigenvalue weighted by atomic mass is 16.6. The predicted molar refractivity (Wildman–Crippen MR) is 78.0 cm³/mol. The van der Waals surface area contributed by atoms with Gasteiger partial charge in [-0.3, -0.25) is 0 Å². The van der Waals surface area contributed by atoms with E-state index in [0.717, 1.165) is 25.1 Å². The van der Waals surface area contributed by atoms with E-state index in [-0.39, 0.29) is 12.5 Å². The van der Waals surface area contributed by atoms with Crippen molar-refractivity contribution in [1.29, 1.82) is 0 Å². The van der Waals surface area contributed by atoms with Gasteiger partial charge in [-0.2, -0.15) is 0 Å². The van der Waals surface area contributed by atoms with Crippen LogP contribution in [-0.4, -0.2) is 31.2 Å².